The van der Waals surface area contributed by atoms with Gasteiger partial charge in [0.1, 0.15) is 0 Å². The molecule has 0 fully saturated rings. The van der Waals surface area contributed by atoms with Gasteiger partial charge in [-0.05, 0) is 13.3 Å². The first kappa shape index (κ1) is 12.2. The van der Waals surface area contributed by atoms with Crippen molar-refractivity contribution in [3.63, 3.8) is 0 Å². The van der Waals surface area contributed by atoms with Gasteiger partial charge in [0.15, 0.2) is 5.16 Å². The van der Waals surface area contributed by atoms with Crippen LogP contribution in [0.4, 0.5) is 0 Å². The van der Waals surface area contributed by atoms with Crippen LogP contribution in [-0.4, -0.2) is 24.9 Å². The smallest absolute Gasteiger partial charge is 0.275 e. The number of hydrogen-bond donors (Lipinski definition) is 0. The molecule has 0 aromatic carbocycles. The first-order chi connectivity index (χ1) is 8.13. The Morgan fingerprint density at radius 2 is 2.24 bits per heavy atom. The van der Waals surface area contributed by atoms with Gasteiger partial charge in [-0.15, -0.1) is 5.10 Å². The second-order valence-electron chi connectivity index (χ2n) is 3.99. The van der Waals surface area contributed by atoms with E-state index < -0.39 is 0 Å². The molecule has 0 saturated carbocycles. The summed E-state index contributed by atoms with van der Waals surface area (Å²) in [5.41, 5.74) is 0.605. The maximum atomic E-state index is 11.7. The molecule has 0 amide bonds. The maximum Gasteiger partial charge on any atom is 0.275 e. The van der Waals surface area contributed by atoms with Gasteiger partial charge < -0.3 is 0 Å². The van der Waals surface area contributed by atoms with Crippen molar-refractivity contribution in [3.05, 3.63) is 22.1 Å². The second kappa shape index (κ2) is 4.91. The van der Waals surface area contributed by atoms with E-state index in [9.17, 15) is 4.79 Å². The Balaban J connectivity index is 2.42. The predicted octanol–water partition coefficient (Wildman–Crippen LogP) is 1.63. The lowest BCUT2D eigenvalue weighted by molar-refractivity contribution is 0.786. The van der Waals surface area contributed by atoms with Gasteiger partial charge in [0.25, 0.3) is 5.56 Å². The topological polar surface area (TPSA) is 52.2 Å². The normalized spacial score (nSPS) is 11.2. The largest absolute Gasteiger partial charge is 0.291 e. The summed E-state index contributed by atoms with van der Waals surface area (Å²) in [6.07, 6.45) is 2.31. The van der Waals surface area contributed by atoms with Crippen molar-refractivity contribution in [3.8, 4) is 0 Å². The summed E-state index contributed by atoms with van der Waals surface area (Å²) in [5.74, 6) is 1.62. The van der Waals surface area contributed by atoms with Crippen LogP contribution >= 0.6 is 11.8 Å². The van der Waals surface area contributed by atoms with Crippen LogP contribution in [0.25, 0.3) is 5.78 Å². The van der Waals surface area contributed by atoms with E-state index in [0.29, 0.717) is 5.78 Å². The molecule has 2 aromatic heterocycles. The summed E-state index contributed by atoms with van der Waals surface area (Å²) in [6, 6.07) is 1.50. The van der Waals surface area contributed by atoms with E-state index in [-0.39, 0.29) is 5.56 Å². The molecule has 0 radical (unpaired) electrons. The molecule has 0 aliphatic carbocycles. The van der Waals surface area contributed by atoms with Crippen LogP contribution in [0.2, 0.25) is 0 Å². The summed E-state index contributed by atoms with van der Waals surface area (Å²) in [5, 5.41) is 5.13. The molecule has 0 aliphatic rings. The van der Waals surface area contributed by atoms with Crippen molar-refractivity contribution < 1.29 is 0 Å². The van der Waals surface area contributed by atoms with Crippen molar-refractivity contribution in [1.82, 2.24) is 19.2 Å². The lowest BCUT2D eigenvalue weighted by atomic mass is 10.4. The van der Waals surface area contributed by atoms with Gasteiger partial charge in [-0.2, -0.15) is 4.52 Å². The molecular weight excluding hydrogens is 236 g/mol. The van der Waals surface area contributed by atoms with Crippen LogP contribution in [0.3, 0.4) is 0 Å². The van der Waals surface area contributed by atoms with E-state index in [4.69, 9.17) is 0 Å². The summed E-state index contributed by atoms with van der Waals surface area (Å²) in [7, 11) is 1.89. The zero-order chi connectivity index (χ0) is 12.4. The Morgan fingerprint density at radius 1 is 1.47 bits per heavy atom. The number of rotatable bonds is 4. The monoisotopic (exact) mass is 252 g/mol. The lowest BCUT2D eigenvalue weighted by Crippen LogP contribution is -2.15. The number of nitrogens with zero attached hydrogens (tertiary/aromatic N) is 4. The van der Waals surface area contributed by atoms with Crippen LogP contribution in [0.5, 0.6) is 0 Å². The lowest BCUT2D eigenvalue weighted by Gasteiger charge is -1.99. The second-order valence-corrected chi connectivity index (χ2v) is 5.05. The van der Waals surface area contributed by atoms with Crippen LogP contribution < -0.4 is 5.56 Å². The SMILES string of the molecule is CCCCSc1nn2c(=O)cc(C)nc2n1C. The minimum Gasteiger partial charge on any atom is -0.291 e. The van der Waals surface area contributed by atoms with Crippen molar-refractivity contribution >= 4 is 17.5 Å². The van der Waals surface area contributed by atoms with Crippen LogP contribution in [0.1, 0.15) is 25.5 Å². The Kier molecular flexibility index (Phi) is 3.51. The summed E-state index contributed by atoms with van der Waals surface area (Å²) in [6.45, 7) is 3.98. The van der Waals surface area contributed by atoms with Crippen LogP contribution in [-0.2, 0) is 7.05 Å². The average molecular weight is 252 g/mol. The third-order valence-electron chi connectivity index (χ3n) is 2.51. The van der Waals surface area contributed by atoms with E-state index in [2.05, 4.69) is 17.0 Å². The van der Waals surface area contributed by atoms with E-state index in [1.165, 1.54) is 10.6 Å². The number of aryl methyl sites for hydroxylation is 2. The molecule has 92 valence electrons. The highest BCUT2D eigenvalue weighted by Crippen LogP contribution is 2.17. The predicted molar refractivity (Wildman–Crippen MR) is 68.6 cm³/mol. The highest BCUT2D eigenvalue weighted by molar-refractivity contribution is 7.99. The summed E-state index contributed by atoms with van der Waals surface area (Å²) < 4.78 is 3.23. The fraction of sp³-hybridized carbons (Fsp3) is 0.545. The van der Waals surface area contributed by atoms with Gasteiger partial charge in [-0.1, -0.05) is 25.1 Å². The van der Waals surface area contributed by atoms with Crippen molar-refractivity contribution in [2.24, 2.45) is 7.05 Å². The molecular formula is C11H16N4OS. The quantitative estimate of drug-likeness (QED) is 0.613. The van der Waals surface area contributed by atoms with Crippen molar-refractivity contribution in [2.75, 3.05) is 5.75 Å². The fourth-order valence-electron chi connectivity index (χ4n) is 1.56. The molecule has 6 heteroatoms. The maximum absolute atomic E-state index is 11.7. The summed E-state index contributed by atoms with van der Waals surface area (Å²) >= 11 is 1.66. The van der Waals surface area contributed by atoms with Gasteiger partial charge in [0.05, 0.1) is 0 Å². The molecule has 5 nitrogen and oxygen atoms in total. The third-order valence-corrected chi connectivity index (χ3v) is 3.61. The Bertz CT molecular complexity index is 587. The average Bonchev–Trinajstić information content (AvgIpc) is 2.58. The van der Waals surface area contributed by atoms with Gasteiger partial charge in [-0.25, -0.2) is 4.98 Å². The van der Waals surface area contributed by atoms with Gasteiger partial charge in [0, 0.05) is 24.6 Å². The Morgan fingerprint density at radius 3 is 2.94 bits per heavy atom. The van der Waals surface area contributed by atoms with Crippen molar-refractivity contribution in [2.45, 2.75) is 31.8 Å². The van der Waals surface area contributed by atoms with E-state index in [1.54, 1.807) is 11.8 Å². The van der Waals surface area contributed by atoms with Gasteiger partial charge in [0.2, 0.25) is 5.78 Å². The molecule has 0 saturated heterocycles. The molecule has 0 spiro atoms. The van der Waals surface area contributed by atoms with Gasteiger partial charge in [-0.3, -0.25) is 9.36 Å². The number of thioether (sulfide) groups is 1. The summed E-state index contributed by atoms with van der Waals surface area (Å²) in [4.78, 5) is 16.1. The molecule has 17 heavy (non-hydrogen) atoms. The number of hydrogen-bond acceptors (Lipinski definition) is 4. The zero-order valence-corrected chi connectivity index (χ0v) is 11.1. The number of aromatic nitrogens is 4. The standard InChI is InChI=1S/C11H16N4OS/c1-4-5-6-17-11-13-15-9(16)7-8(2)12-10(15)14(11)3/h7H,4-6H2,1-3H3. The fourth-order valence-corrected chi connectivity index (χ4v) is 2.59. The zero-order valence-electron chi connectivity index (χ0n) is 10.3. The number of fused-ring (bicyclic) bond motifs is 1. The van der Waals surface area contributed by atoms with E-state index >= 15 is 0 Å². The molecule has 0 atom stereocenters. The molecule has 0 bridgehead atoms. The first-order valence-corrected chi connectivity index (χ1v) is 6.68. The molecule has 0 N–H and O–H groups in total. The van der Waals surface area contributed by atoms with Crippen LogP contribution in [0, 0.1) is 6.92 Å². The highest BCUT2D eigenvalue weighted by atomic mass is 32.2. The first-order valence-electron chi connectivity index (χ1n) is 5.69. The van der Waals surface area contributed by atoms with Gasteiger partial charge >= 0.3 is 0 Å². The number of unbranched alkanes of at least 4 members (excludes halogenated alkanes) is 1. The van der Waals surface area contributed by atoms with E-state index in [0.717, 1.165) is 29.4 Å². The minimum atomic E-state index is -0.120. The minimum absolute atomic E-state index is 0.120. The molecule has 0 aliphatic heterocycles. The third kappa shape index (κ3) is 2.36. The highest BCUT2D eigenvalue weighted by Gasteiger charge is 2.10. The molecule has 0 unspecified atom stereocenters. The van der Waals surface area contributed by atoms with E-state index in [1.807, 2.05) is 18.5 Å². The van der Waals surface area contributed by atoms with Crippen LogP contribution in [0.15, 0.2) is 16.0 Å². The molecule has 2 heterocycles. The molecule has 2 aromatic rings. The Labute approximate surface area is 104 Å². The Hall–Kier alpha value is -1.30. The van der Waals surface area contributed by atoms with Crippen molar-refractivity contribution in [1.29, 1.82) is 0 Å². The molecule has 2 rings (SSSR count).